The number of sulfonamides is 1. The molecular weight excluding hydrogens is 431 g/mol. The highest BCUT2D eigenvalue weighted by molar-refractivity contribution is 7.89. The van der Waals surface area contributed by atoms with Crippen LogP contribution in [0.3, 0.4) is 0 Å². The molecule has 1 unspecified atom stereocenters. The minimum absolute atomic E-state index is 0.105. The first-order valence-corrected chi connectivity index (χ1v) is 11.5. The Morgan fingerprint density at radius 3 is 2.41 bits per heavy atom. The fourth-order valence-corrected chi connectivity index (χ4v) is 4.50. The first-order chi connectivity index (χ1) is 15.3. The van der Waals surface area contributed by atoms with Gasteiger partial charge in [-0.15, -0.1) is 0 Å². The zero-order chi connectivity index (χ0) is 23.1. The van der Waals surface area contributed by atoms with Gasteiger partial charge in [0.1, 0.15) is 22.6 Å². The van der Waals surface area contributed by atoms with E-state index in [0.717, 1.165) is 23.3 Å². The molecule has 2 aromatic carbocycles. The number of anilines is 1. The average molecular weight is 457 g/mol. The third-order valence-electron chi connectivity index (χ3n) is 4.77. The summed E-state index contributed by atoms with van der Waals surface area (Å²) in [4.78, 5) is 18.6. The van der Waals surface area contributed by atoms with Crippen molar-refractivity contribution in [2.24, 2.45) is 0 Å². The van der Waals surface area contributed by atoms with Crippen molar-refractivity contribution in [1.82, 2.24) is 15.0 Å². The van der Waals surface area contributed by atoms with E-state index in [0.29, 0.717) is 5.82 Å². The molecule has 168 valence electrons. The number of aromatic nitrogens is 1. The van der Waals surface area contributed by atoms with E-state index in [4.69, 9.17) is 0 Å². The number of nitrogens with zero attached hydrogens (tertiary/aromatic N) is 2. The molecular formula is C23H25FN4O3S. The molecule has 9 heteroatoms. The van der Waals surface area contributed by atoms with Crippen molar-refractivity contribution in [3.63, 3.8) is 0 Å². The average Bonchev–Trinajstić information content (AvgIpc) is 2.78. The molecule has 7 nitrogen and oxygen atoms in total. The molecule has 1 atom stereocenters. The minimum atomic E-state index is -4.27. The second kappa shape index (κ2) is 10.3. The summed E-state index contributed by atoms with van der Waals surface area (Å²) >= 11 is 0. The van der Waals surface area contributed by atoms with E-state index in [1.807, 2.05) is 31.1 Å². The molecule has 0 radical (unpaired) electrons. The van der Waals surface area contributed by atoms with Crippen LogP contribution in [0.15, 0.2) is 77.8 Å². The van der Waals surface area contributed by atoms with Gasteiger partial charge in [0.05, 0.1) is 0 Å². The van der Waals surface area contributed by atoms with Gasteiger partial charge in [-0.1, -0.05) is 48.5 Å². The Hall–Kier alpha value is -3.30. The molecule has 0 aliphatic rings. The van der Waals surface area contributed by atoms with Gasteiger partial charge in [-0.25, -0.2) is 17.8 Å². The fraction of sp³-hybridized carbons (Fsp3) is 0.217. The topological polar surface area (TPSA) is 91.4 Å². The zero-order valence-electron chi connectivity index (χ0n) is 17.8. The summed E-state index contributed by atoms with van der Waals surface area (Å²) < 4.78 is 42.1. The van der Waals surface area contributed by atoms with Crippen LogP contribution in [0.5, 0.6) is 0 Å². The highest BCUT2D eigenvalue weighted by atomic mass is 32.2. The zero-order valence-corrected chi connectivity index (χ0v) is 18.6. The molecule has 0 fully saturated rings. The smallest absolute Gasteiger partial charge is 0.244 e. The monoisotopic (exact) mass is 456 g/mol. The molecule has 3 rings (SSSR count). The molecule has 0 saturated heterocycles. The van der Waals surface area contributed by atoms with Gasteiger partial charge < -0.3 is 10.2 Å². The largest absolute Gasteiger partial charge is 0.362 e. The number of carbonyl (C=O) groups is 1. The normalized spacial score (nSPS) is 12.2. The van der Waals surface area contributed by atoms with Gasteiger partial charge in [0, 0.05) is 32.4 Å². The SMILES string of the molecule is CN(C)c1ncccc1CNC(=O)C(Cc1ccccc1)NS(=O)(=O)c1ccccc1F. The van der Waals surface area contributed by atoms with Crippen LogP contribution in [-0.2, 0) is 27.8 Å². The highest BCUT2D eigenvalue weighted by Crippen LogP contribution is 2.16. The maximum atomic E-state index is 14.1. The first kappa shape index (κ1) is 23.4. The lowest BCUT2D eigenvalue weighted by atomic mass is 10.1. The third-order valence-corrected chi connectivity index (χ3v) is 6.27. The van der Waals surface area contributed by atoms with Crippen molar-refractivity contribution in [1.29, 1.82) is 0 Å². The predicted octanol–water partition coefficient (Wildman–Crippen LogP) is 2.49. The molecule has 0 saturated carbocycles. The van der Waals surface area contributed by atoms with Gasteiger partial charge in [0.25, 0.3) is 0 Å². The molecule has 0 aliphatic carbocycles. The van der Waals surface area contributed by atoms with Gasteiger partial charge in [0.15, 0.2) is 0 Å². The lowest BCUT2D eigenvalue weighted by molar-refractivity contribution is -0.122. The standard InChI is InChI=1S/C23H25FN4O3S/c1-28(2)22-18(11-8-14-25-22)16-26-23(29)20(15-17-9-4-3-5-10-17)27-32(30,31)21-13-7-6-12-19(21)24/h3-14,20,27H,15-16H2,1-2H3,(H,26,29). The van der Waals surface area contributed by atoms with Crippen molar-refractivity contribution < 1.29 is 17.6 Å². The van der Waals surface area contributed by atoms with E-state index in [-0.39, 0.29) is 13.0 Å². The molecule has 0 aliphatic heterocycles. The molecule has 1 amide bonds. The lowest BCUT2D eigenvalue weighted by Gasteiger charge is -2.20. The van der Waals surface area contributed by atoms with Crippen molar-refractivity contribution >= 4 is 21.7 Å². The maximum absolute atomic E-state index is 14.1. The maximum Gasteiger partial charge on any atom is 0.244 e. The first-order valence-electron chi connectivity index (χ1n) is 9.97. The summed E-state index contributed by atoms with van der Waals surface area (Å²) in [5, 5.41) is 2.78. The van der Waals surface area contributed by atoms with Crippen LogP contribution in [0.4, 0.5) is 10.2 Å². The van der Waals surface area contributed by atoms with E-state index in [1.165, 1.54) is 12.1 Å². The number of halogens is 1. The molecule has 3 aromatic rings. The Morgan fingerprint density at radius 2 is 1.72 bits per heavy atom. The number of pyridine rings is 1. The van der Waals surface area contributed by atoms with E-state index in [1.54, 1.807) is 36.5 Å². The number of rotatable bonds is 9. The predicted molar refractivity (Wildman–Crippen MR) is 121 cm³/mol. The summed E-state index contributed by atoms with van der Waals surface area (Å²) in [6, 6.07) is 16.5. The lowest BCUT2D eigenvalue weighted by Crippen LogP contribution is -2.48. The second-order valence-corrected chi connectivity index (χ2v) is 9.07. The molecule has 1 heterocycles. The van der Waals surface area contributed by atoms with Gasteiger partial charge in [0.2, 0.25) is 15.9 Å². The van der Waals surface area contributed by atoms with Crippen molar-refractivity contribution in [2.45, 2.75) is 23.9 Å². The molecule has 1 aromatic heterocycles. The third kappa shape index (κ3) is 5.89. The Kier molecular flexibility index (Phi) is 7.55. The van der Waals surface area contributed by atoms with E-state index >= 15 is 0 Å². The van der Waals surface area contributed by atoms with Crippen LogP contribution < -0.4 is 14.9 Å². The summed E-state index contributed by atoms with van der Waals surface area (Å²) in [7, 11) is -0.583. The van der Waals surface area contributed by atoms with Crippen LogP contribution in [-0.4, -0.2) is 39.4 Å². The number of hydrogen-bond donors (Lipinski definition) is 2. The number of nitrogens with one attached hydrogen (secondary N) is 2. The van der Waals surface area contributed by atoms with Crippen LogP contribution in [0, 0.1) is 5.82 Å². The van der Waals surface area contributed by atoms with Crippen LogP contribution in [0.25, 0.3) is 0 Å². The number of carbonyl (C=O) groups excluding carboxylic acids is 1. The van der Waals surface area contributed by atoms with Crippen LogP contribution in [0.2, 0.25) is 0 Å². The number of hydrogen-bond acceptors (Lipinski definition) is 5. The minimum Gasteiger partial charge on any atom is -0.362 e. The number of amides is 1. The van der Waals surface area contributed by atoms with Crippen molar-refractivity contribution in [2.75, 3.05) is 19.0 Å². The van der Waals surface area contributed by atoms with Crippen molar-refractivity contribution in [3.8, 4) is 0 Å². The van der Waals surface area contributed by atoms with Gasteiger partial charge in [-0.05, 0) is 30.2 Å². The Labute approximate surface area is 187 Å². The van der Waals surface area contributed by atoms with E-state index < -0.39 is 32.7 Å². The quantitative estimate of drug-likeness (QED) is 0.516. The Bertz CT molecular complexity index is 1170. The Morgan fingerprint density at radius 1 is 1.03 bits per heavy atom. The van der Waals surface area contributed by atoms with Gasteiger partial charge in [-0.3, -0.25) is 4.79 Å². The number of benzene rings is 2. The van der Waals surface area contributed by atoms with E-state index in [9.17, 15) is 17.6 Å². The summed E-state index contributed by atoms with van der Waals surface area (Å²) in [6.45, 7) is 0.160. The summed E-state index contributed by atoms with van der Waals surface area (Å²) in [5.41, 5.74) is 1.54. The summed E-state index contributed by atoms with van der Waals surface area (Å²) in [6.07, 6.45) is 1.76. The molecule has 2 N–H and O–H groups in total. The fourth-order valence-electron chi connectivity index (χ4n) is 3.23. The molecule has 32 heavy (non-hydrogen) atoms. The van der Waals surface area contributed by atoms with Gasteiger partial charge >= 0.3 is 0 Å². The van der Waals surface area contributed by atoms with E-state index in [2.05, 4.69) is 15.0 Å². The molecule has 0 spiro atoms. The van der Waals surface area contributed by atoms with Crippen molar-refractivity contribution in [3.05, 3.63) is 89.9 Å². The second-order valence-electron chi connectivity index (χ2n) is 7.39. The highest BCUT2D eigenvalue weighted by Gasteiger charge is 2.28. The summed E-state index contributed by atoms with van der Waals surface area (Å²) in [5.74, 6) is -0.716. The van der Waals surface area contributed by atoms with Crippen LogP contribution in [0.1, 0.15) is 11.1 Å². The van der Waals surface area contributed by atoms with Crippen LogP contribution >= 0.6 is 0 Å². The Balaban J connectivity index is 1.83. The van der Waals surface area contributed by atoms with Gasteiger partial charge in [-0.2, -0.15) is 4.72 Å². The molecule has 0 bridgehead atoms.